The first-order valence-corrected chi connectivity index (χ1v) is 5.91. The number of aromatic hydroxyl groups is 1. The van der Waals surface area contributed by atoms with E-state index in [1.165, 1.54) is 11.0 Å². The molecule has 0 saturated carbocycles. The van der Waals surface area contributed by atoms with E-state index in [1.807, 2.05) is 0 Å². The van der Waals surface area contributed by atoms with Crippen LogP contribution in [-0.2, 0) is 0 Å². The van der Waals surface area contributed by atoms with E-state index in [0.29, 0.717) is 0 Å². The fourth-order valence-corrected chi connectivity index (χ4v) is 1.68. The third kappa shape index (κ3) is 2.85. The van der Waals surface area contributed by atoms with Crippen molar-refractivity contribution in [2.24, 2.45) is 0 Å². The lowest BCUT2D eigenvalue weighted by Gasteiger charge is -2.23. The predicted molar refractivity (Wildman–Crippen MR) is 69.5 cm³/mol. The summed E-state index contributed by atoms with van der Waals surface area (Å²) < 4.78 is 0.879. The van der Waals surface area contributed by atoms with Gasteiger partial charge in [0, 0.05) is 10.6 Å². The van der Waals surface area contributed by atoms with Crippen LogP contribution in [-0.4, -0.2) is 40.7 Å². The molecule has 1 amide bonds. The van der Waals surface area contributed by atoms with Crippen molar-refractivity contribution in [1.82, 2.24) is 4.90 Å². The molecule has 1 atom stereocenters. The molecule has 5 heteroatoms. The van der Waals surface area contributed by atoms with Gasteiger partial charge >= 0.3 is 0 Å². The fraction of sp³-hybridized carbons (Fsp3) is 0.364. The fourth-order valence-electron chi connectivity index (χ4n) is 1.19. The van der Waals surface area contributed by atoms with Gasteiger partial charge in [-0.1, -0.05) is 0 Å². The minimum absolute atomic E-state index is 0.0394. The minimum atomic E-state index is -0.294. The normalized spacial score (nSPS) is 12.2. The number of carbonyl (C=O) groups is 1. The van der Waals surface area contributed by atoms with E-state index >= 15 is 0 Å². The number of halogens is 1. The molecular formula is C11H14INO3. The largest absolute Gasteiger partial charge is 0.507 e. The molecule has 1 rings (SSSR count). The van der Waals surface area contributed by atoms with E-state index in [9.17, 15) is 9.90 Å². The van der Waals surface area contributed by atoms with Crippen molar-refractivity contribution in [1.29, 1.82) is 0 Å². The highest BCUT2D eigenvalue weighted by molar-refractivity contribution is 14.1. The van der Waals surface area contributed by atoms with Crippen LogP contribution < -0.4 is 0 Å². The zero-order valence-corrected chi connectivity index (χ0v) is 11.3. The van der Waals surface area contributed by atoms with Crippen LogP contribution in [0.3, 0.4) is 0 Å². The number of aliphatic hydroxyl groups excluding tert-OH is 1. The molecule has 0 saturated heterocycles. The number of phenolic OH excluding ortho intramolecular Hbond substituents is 1. The summed E-state index contributed by atoms with van der Waals surface area (Å²) in [4.78, 5) is 13.4. The van der Waals surface area contributed by atoms with Crippen LogP contribution in [0.5, 0.6) is 5.75 Å². The Hall–Kier alpha value is -0.820. The number of benzene rings is 1. The zero-order valence-electron chi connectivity index (χ0n) is 9.14. The Morgan fingerprint density at radius 3 is 2.75 bits per heavy atom. The SMILES string of the molecule is CC(CO)N(C)C(=O)c1cc(I)ccc1O. The first-order chi connectivity index (χ1) is 7.47. The molecule has 0 aliphatic rings. The van der Waals surface area contributed by atoms with Gasteiger partial charge in [0.25, 0.3) is 5.91 Å². The number of amides is 1. The molecule has 4 nitrogen and oxygen atoms in total. The number of hydrogen-bond acceptors (Lipinski definition) is 3. The molecule has 16 heavy (non-hydrogen) atoms. The van der Waals surface area contributed by atoms with E-state index in [-0.39, 0.29) is 29.9 Å². The van der Waals surface area contributed by atoms with Crippen molar-refractivity contribution in [2.75, 3.05) is 13.7 Å². The van der Waals surface area contributed by atoms with Gasteiger partial charge in [0.05, 0.1) is 18.2 Å². The number of rotatable bonds is 3. The molecule has 1 aromatic carbocycles. The highest BCUT2D eigenvalue weighted by Gasteiger charge is 2.19. The monoisotopic (exact) mass is 335 g/mol. The number of carbonyl (C=O) groups excluding carboxylic acids is 1. The van der Waals surface area contributed by atoms with Gasteiger partial charge in [-0.2, -0.15) is 0 Å². The van der Waals surface area contributed by atoms with Crippen LogP contribution in [0.1, 0.15) is 17.3 Å². The highest BCUT2D eigenvalue weighted by atomic mass is 127. The number of phenols is 1. The van der Waals surface area contributed by atoms with E-state index in [4.69, 9.17) is 5.11 Å². The summed E-state index contributed by atoms with van der Waals surface area (Å²) >= 11 is 2.07. The molecule has 0 fully saturated rings. The molecule has 88 valence electrons. The van der Waals surface area contributed by atoms with Crippen LogP contribution in [0.25, 0.3) is 0 Å². The number of nitrogens with zero attached hydrogens (tertiary/aromatic N) is 1. The second kappa shape index (κ2) is 5.49. The maximum absolute atomic E-state index is 12.0. The van der Waals surface area contributed by atoms with Gasteiger partial charge in [-0.25, -0.2) is 0 Å². The third-order valence-electron chi connectivity index (χ3n) is 2.43. The predicted octanol–water partition coefficient (Wildman–Crippen LogP) is 1.45. The Labute approximate surface area is 108 Å². The van der Waals surface area contributed by atoms with Crippen molar-refractivity contribution in [2.45, 2.75) is 13.0 Å². The van der Waals surface area contributed by atoms with Gasteiger partial charge in [-0.05, 0) is 47.7 Å². The number of likely N-dealkylation sites (N-methyl/N-ethyl adjacent to an activating group) is 1. The molecule has 1 unspecified atom stereocenters. The zero-order chi connectivity index (χ0) is 12.3. The van der Waals surface area contributed by atoms with Gasteiger partial charge in [0.2, 0.25) is 0 Å². The molecule has 0 heterocycles. The van der Waals surface area contributed by atoms with Gasteiger partial charge in [-0.15, -0.1) is 0 Å². The van der Waals surface area contributed by atoms with Crippen LogP contribution in [0, 0.1) is 3.57 Å². The summed E-state index contributed by atoms with van der Waals surface area (Å²) in [6, 6.07) is 4.57. The second-order valence-electron chi connectivity index (χ2n) is 3.61. The van der Waals surface area contributed by atoms with Crippen LogP contribution >= 0.6 is 22.6 Å². The molecule has 2 N–H and O–H groups in total. The van der Waals surface area contributed by atoms with Gasteiger partial charge in [-0.3, -0.25) is 4.79 Å². The molecule has 0 aliphatic heterocycles. The molecule has 1 aromatic rings. The standard InChI is InChI=1S/C11H14INO3/c1-7(6-14)13(2)11(16)9-5-8(12)3-4-10(9)15/h3-5,7,14-15H,6H2,1-2H3. The molecule has 0 bridgehead atoms. The van der Waals surface area contributed by atoms with Gasteiger partial charge in [0.1, 0.15) is 5.75 Å². The summed E-state index contributed by atoms with van der Waals surface area (Å²) in [6.45, 7) is 1.63. The summed E-state index contributed by atoms with van der Waals surface area (Å²) in [6.07, 6.45) is 0. The Morgan fingerprint density at radius 2 is 2.19 bits per heavy atom. The summed E-state index contributed by atoms with van der Waals surface area (Å²) in [5, 5.41) is 18.6. The Bertz CT molecular complexity index is 395. The van der Waals surface area contributed by atoms with Crippen LogP contribution in [0.2, 0.25) is 0 Å². The quantitative estimate of drug-likeness (QED) is 0.822. The molecular weight excluding hydrogens is 321 g/mol. The molecule has 0 radical (unpaired) electrons. The molecule has 0 aromatic heterocycles. The van der Waals surface area contributed by atoms with Crippen molar-refractivity contribution in [3.05, 3.63) is 27.3 Å². The van der Waals surface area contributed by atoms with Crippen LogP contribution in [0.4, 0.5) is 0 Å². The first-order valence-electron chi connectivity index (χ1n) is 4.84. The Morgan fingerprint density at radius 1 is 1.56 bits per heavy atom. The van der Waals surface area contributed by atoms with Crippen molar-refractivity contribution < 1.29 is 15.0 Å². The van der Waals surface area contributed by atoms with E-state index in [0.717, 1.165) is 3.57 Å². The van der Waals surface area contributed by atoms with Crippen LogP contribution in [0.15, 0.2) is 18.2 Å². The van der Waals surface area contributed by atoms with E-state index < -0.39 is 0 Å². The topological polar surface area (TPSA) is 60.8 Å². The third-order valence-corrected chi connectivity index (χ3v) is 3.11. The lowest BCUT2D eigenvalue weighted by Crippen LogP contribution is -2.37. The van der Waals surface area contributed by atoms with E-state index in [1.54, 1.807) is 26.1 Å². The summed E-state index contributed by atoms with van der Waals surface area (Å²) in [5.74, 6) is -0.333. The smallest absolute Gasteiger partial charge is 0.257 e. The van der Waals surface area contributed by atoms with Gasteiger partial charge < -0.3 is 15.1 Å². The Kier molecular flexibility index (Phi) is 4.55. The summed E-state index contributed by atoms with van der Waals surface area (Å²) in [5.41, 5.74) is 0.259. The average Bonchev–Trinajstić information content (AvgIpc) is 2.29. The maximum Gasteiger partial charge on any atom is 0.257 e. The average molecular weight is 335 g/mol. The Balaban J connectivity index is 3.00. The maximum atomic E-state index is 12.0. The second-order valence-corrected chi connectivity index (χ2v) is 4.85. The van der Waals surface area contributed by atoms with Gasteiger partial charge in [0.15, 0.2) is 0 Å². The number of aliphatic hydroxyl groups is 1. The molecule has 0 spiro atoms. The number of hydrogen-bond donors (Lipinski definition) is 2. The molecule has 0 aliphatic carbocycles. The minimum Gasteiger partial charge on any atom is -0.507 e. The lowest BCUT2D eigenvalue weighted by atomic mass is 10.1. The lowest BCUT2D eigenvalue weighted by molar-refractivity contribution is 0.0679. The van der Waals surface area contributed by atoms with E-state index in [2.05, 4.69) is 22.6 Å². The first kappa shape index (κ1) is 13.2. The van der Waals surface area contributed by atoms with Crippen molar-refractivity contribution in [3.63, 3.8) is 0 Å². The van der Waals surface area contributed by atoms with Crippen molar-refractivity contribution >= 4 is 28.5 Å². The van der Waals surface area contributed by atoms with Crippen molar-refractivity contribution in [3.8, 4) is 5.75 Å². The highest BCUT2D eigenvalue weighted by Crippen LogP contribution is 2.21. The summed E-state index contributed by atoms with van der Waals surface area (Å²) in [7, 11) is 1.60.